The number of pyridine rings is 1. The van der Waals surface area contributed by atoms with Gasteiger partial charge in [-0.1, -0.05) is 32.6 Å². The number of thioether (sulfide) groups is 1. The van der Waals surface area contributed by atoms with Crippen LogP contribution in [0.2, 0.25) is 0 Å². The Morgan fingerprint density at radius 1 is 1.53 bits per heavy atom. The molecule has 0 atom stereocenters. The van der Waals surface area contributed by atoms with E-state index in [-0.39, 0.29) is 10.7 Å². The molecule has 0 radical (unpaired) electrons. The predicted octanol–water partition coefficient (Wildman–Crippen LogP) is 1.86. The van der Waals surface area contributed by atoms with Crippen LogP contribution in [0, 0.1) is 11.8 Å². The molecule has 0 aliphatic rings. The minimum atomic E-state index is -0.0589. The standard InChI is InChI=1S/C14H19N3OS/c1-14(2,3)19-10-13(18)17-12-9-11(5-4-7-15)6-8-16-12/h6,8-9H,7,10,15H2,1-3H3,(H,16,17,18). The molecule has 1 aromatic rings. The molecule has 0 spiro atoms. The molecule has 19 heavy (non-hydrogen) atoms. The molecule has 0 saturated carbocycles. The van der Waals surface area contributed by atoms with Crippen molar-refractivity contribution >= 4 is 23.5 Å². The Bertz CT molecular complexity index is 497. The van der Waals surface area contributed by atoms with Crippen LogP contribution in [0.3, 0.4) is 0 Å². The summed E-state index contributed by atoms with van der Waals surface area (Å²) in [7, 11) is 0. The molecule has 1 rings (SSSR count). The first-order valence-corrected chi connectivity index (χ1v) is 6.98. The topological polar surface area (TPSA) is 68.0 Å². The van der Waals surface area contributed by atoms with E-state index in [0.29, 0.717) is 18.1 Å². The summed E-state index contributed by atoms with van der Waals surface area (Å²) >= 11 is 1.59. The number of carbonyl (C=O) groups is 1. The summed E-state index contributed by atoms with van der Waals surface area (Å²) in [6, 6.07) is 3.52. The number of nitrogens with one attached hydrogen (secondary N) is 1. The molecule has 4 nitrogen and oxygen atoms in total. The van der Waals surface area contributed by atoms with Gasteiger partial charge >= 0.3 is 0 Å². The maximum atomic E-state index is 11.8. The fourth-order valence-corrected chi connectivity index (χ4v) is 1.83. The van der Waals surface area contributed by atoms with Crippen LogP contribution in [0.15, 0.2) is 18.3 Å². The van der Waals surface area contributed by atoms with Crippen LogP contribution < -0.4 is 11.1 Å². The molecule has 3 N–H and O–H groups in total. The molecule has 0 aliphatic heterocycles. The van der Waals surface area contributed by atoms with Crippen molar-refractivity contribution in [3.05, 3.63) is 23.9 Å². The van der Waals surface area contributed by atoms with Gasteiger partial charge in [-0.05, 0) is 12.1 Å². The van der Waals surface area contributed by atoms with E-state index >= 15 is 0 Å². The van der Waals surface area contributed by atoms with Crippen LogP contribution in [0.25, 0.3) is 0 Å². The SMILES string of the molecule is CC(C)(C)SCC(=O)Nc1cc(C#CCN)ccn1. The number of rotatable bonds is 3. The molecule has 0 aliphatic carbocycles. The Kier molecular flexibility index (Phi) is 5.87. The van der Waals surface area contributed by atoms with Crippen molar-refractivity contribution in [3.63, 3.8) is 0 Å². The number of nitrogens with zero attached hydrogens (tertiary/aromatic N) is 1. The fraction of sp³-hybridized carbons (Fsp3) is 0.429. The lowest BCUT2D eigenvalue weighted by Gasteiger charge is -2.16. The summed E-state index contributed by atoms with van der Waals surface area (Å²) in [5.74, 6) is 6.53. The first-order valence-electron chi connectivity index (χ1n) is 5.99. The fourth-order valence-electron chi connectivity index (χ4n) is 1.19. The zero-order valence-electron chi connectivity index (χ0n) is 11.5. The summed E-state index contributed by atoms with van der Waals surface area (Å²) in [5.41, 5.74) is 6.10. The predicted molar refractivity (Wildman–Crippen MR) is 81.0 cm³/mol. The Balaban J connectivity index is 2.59. The van der Waals surface area contributed by atoms with Gasteiger partial charge in [-0.3, -0.25) is 4.79 Å². The quantitative estimate of drug-likeness (QED) is 0.828. The van der Waals surface area contributed by atoms with E-state index in [2.05, 4.69) is 42.9 Å². The van der Waals surface area contributed by atoms with E-state index in [9.17, 15) is 4.79 Å². The van der Waals surface area contributed by atoms with E-state index in [1.165, 1.54) is 0 Å². The van der Waals surface area contributed by atoms with Gasteiger partial charge in [0.2, 0.25) is 5.91 Å². The van der Waals surface area contributed by atoms with Crippen LogP contribution in [-0.2, 0) is 4.79 Å². The molecule has 0 aromatic carbocycles. The highest BCUT2D eigenvalue weighted by atomic mass is 32.2. The first-order chi connectivity index (χ1) is 8.90. The van der Waals surface area contributed by atoms with Crippen molar-refractivity contribution in [2.75, 3.05) is 17.6 Å². The van der Waals surface area contributed by atoms with E-state index in [0.717, 1.165) is 5.56 Å². The van der Waals surface area contributed by atoms with Crippen LogP contribution in [-0.4, -0.2) is 27.9 Å². The van der Waals surface area contributed by atoms with Gasteiger partial charge < -0.3 is 11.1 Å². The minimum absolute atomic E-state index is 0.0589. The number of carbonyl (C=O) groups excluding carboxylic acids is 1. The van der Waals surface area contributed by atoms with Gasteiger partial charge in [0.15, 0.2) is 0 Å². The van der Waals surface area contributed by atoms with Gasteiger partial charge in [0, 0.05) is 16.5 Å². The molecule has 102 valence electrons. The molecule has 0 fully saturated rings. The van der Waals surface area contributed by atoms with Crippen LogP contribution in [0.4, 0.5) is 5.82 Å². The highest BCUT2D eigenvalue weighted by Gasteiger charge is 2.13. The van der Waals surface area contributed by atoms with Crippen molar-refractivity contribution in [2.24, 2.45) is 5.73 Å². The normalized spacial score (nSPS) is 10.5. The van der Waals surface area contributed by atoms with Gasteiger partial charge in [-0.2, -0.15) is 0 Å². The number of aromatic nitrogens is 1. The third-order valence-electron chi connectivity index (χ3n) is 2.00. The summed E-state index contributed by atoms with van der Waals surface area (Å²) in [4.78, 5) is 15.8. The highest BCUT2D eigenvalue weighted by Crippen LogP contribution is 2.22. The molecular formula is C14H19N3OS. The molecular weight excluding hydrogens is 258 g/mol. The van der Waals surface area contributed by atoms with E-state index in [4.69, 9.17) is 5.73 Å². The van der Waals surface area contributed by atoms with Crippen LogP contribution >= 0.6 is 11.8 Å². The number of hydrogen-bond acceptors (Lipinski definition) is 4. The maximum absolute atomic E-state index is 11.8. The van der Waals surface area contributed by atoms with Crippen LogP contribution in [0.1, 0.15) is 26.3 Å². The monoisotopic (exact) mass is 277 g/mol. The second-order valence-corrected chi connectivity index (χ2v) is 6.69. The van der Waals surface area contributed by atoms with Crippen molar-refractivity contribution in [2.45, 2.75) is 25.5 Å². The number of anilines is 1. The zero-order valence-corrected chi connectivity index (χ0v) is 12.3. The van der Waals surface area contributed by atoms with Gasteiger partial charge in [-0.15, -0.1) is 11.8 Å². The Labute approximate surface area is 118 Å². The van der Waals surface area contributed by atoms with Crippen molar-refractivity contribution in [1.29, 1.82) is 0 Å². The largest absolute Gasteiger partial charge is 0.320 e. The Hall–Kier alpha value is -1.51. The molecule has 0 unspecified atom stereocenters. The van der Waals surface area contributed by atoms with E-state index in [1.54, 1.807) is 30.1 Å². The van der Waals surface area contributed by atoms with Crippen molar-refractivity contribution < 1.29 is 4.79 Å². The third kappa shape index (κ3) is 6.85. The summed E-state index contributed by atoms with van der Waals surface area (Å²) in [6.07, 6.45) is 1.62. The minimum Gasteiger partial charge on any atom is -0.320 e. The lowest BCUT2D eigenvalue weighted by Crippen LogP contribution is -2.19. The smallest absolute Gasteiger partial charge is 0.235 e. The molecule has 0 bridgehead atoms. The number of amides is 1. The second kappa shape index (κ2) is 7.17. The number of hydrogen-bond donors (Lipinski definition) is 2. The van der Waals surface area contributed by atoms with E-state index in [1.807, 2.05) is 0 Å². The maximum Gasteiger partial charge on any atom is 0.235 e. The van der Waals surface area contributed by atoms with Gasteiger partial charge in [0.05, 0.1) is 12.3 Å². The second-order valence-electron chi connectivity index (χ2n) is 4.88. The lowest BCUT2D eigenvalue weighted by molar-refractivity contribution is -0.113. The molecule has 5 heteroatoms. The van der Waals surface area contributed by atoms with Crippen molar-refractivity contribution in [1.82, 2.24) is 4.98 Å². The Morgan fingerprint density at radius 2 is 2.26 bits per heavy atom. The molecule has 1 aromatic heterocycles. The summed E-state index contributed by atoms with van der Waals surface area (Å²) in [5, 5.41) is 2.76. The third-order valence-corrected chi connectivity index (χ3v) is 3.27. The van der Waals surface area contributed by atoms with E-state index < -0.39 is 0 Å². The van der Waals surface area contributed by atoms with Crippen molar-refractivity contribution in [3.8, 4) is 11.8 Å². The highest BCUT2D eigenvalue weighted by molar-refractivity contribution is 8.01. The Morgan fingerprint density at radius 3 is 2.89 bits per heavy atom. The average Bonchev–Trinajstić information content (AvgIpc) is 2.33. The van der Waals surface area contributed by atoms with Gasteiger partial charge in [0.1, 0.15) is 5.82 Å². The number of nitrogens with two attached hydrogens (primary N) is 1. The first kappa shape index (κ1) is 15.5. The average molecular weight is 277 g/mol. The van der Waals surface area contributed by atoms with Crippen LogP contribution in [0.5, 0.6) is 0 Å². The summed E-state index contributed by atoms with van der Waals surface area (Å²) in [6.45, 7) is 6.54. The lowest BCUT2D eigenvalue weighted by atomic mass is 10.2. The summed E-state index contributed by atoms with van der Waals surface area (Å²) < 4.78 is 0.0687. The van der Waals surface area contributed by atoms with Gasteiger partial charge in [-0.25, -0.2) is 4.98 Å². The molecule has 1 amide bonds. The zero-order chi connectivity index (χ0) is 14.3. The molecule has 0 saturated heterocycles. The molecule has 1 heterocycles. The van der Waals surface area contributed by atoms with Gasteiger partial charge in [0.25, 0.3) is 0 Å².